The second kappa shape index (κ2) is 6.80. The number of anilines is 1. The van der Waals surface area contributed by atoms with Crippen LogP contribution in [0.15, 0.2) is 44.7 Å². The Morgan fingerprint density at radius 2 is 2.32 bits per heavy atom. The molecule has 0 spiro atoms. The summed E-state index contributed by atoms with van der Waals surface area (Å²) in [5.74, 6) is 0.842. The van der Waals surface area contributed by atoms with Crippen molar-refractivity contribution in [1.29, 1.82) is 0 Å². The van der Waals surface area contributed by atoms with Crippen LogP contribution in [0, 0.1) is 0 Å². The normalized spacial score (nSPS) is 12.2. The van der Waals surface area contributed by atoms with E-state index in [-0.39, 0.29) is 23.1 Å². The minimum Gasteiger partial charge on any atom is -0.459 e. The second-order valence-electron chi connectivity index (χ2n) is 4.41. The number of amides is 1. The van der Waals surface area contributed by atoms with Crippen molar-refractivity contribution in [2.45, 2.75) is 12.2 Å². The fourth-order valence-corrected chi connectivity index (χ4v) is 3.48. The van der Waals surface area contributed by atoms with Crippen LogP contribution in [0.4, 0.5) is 6.01 Å². The van der Waals surface area contributed by atoms with Gasteiger partial charge in [0, 0.05) is 10.1 Å². The summed E-state index contributed by atoms with van der Waals surface area (Å²) >= 11 is 3.24. The molecule has 0 aliphatic carbocycles. The molecule has 3 heterocycles. The van der Waals surface area contributed by atoms with E-state index in [0.29, 0.717) is 11.5 Å². The van der Waals surface area contributed by atoms with Gasteiger partial charge in [0.2, 0.25) is 5.91 Å². The lowest BCUT2D eigenvalue weighted by Gasteiger charge is -2.07. The Kier molecular flexibility index (Phi) is 4.59. The van der Waals surface area contributed by atoms with Crippen LogP contribution in [0.5, 0.6) is 0 Å². The zero-order valence-corrected chi connectivity index (χ0v) is 13.3. The molecule has 1 amide bonds. The van der Waals surface area contributed by atoms with Gasteiger partial charge in [0.25, 0.3) is 5.89 Å². The fraction of sp³-hybridized carbons (Fsp3) is 0.214. The number of furan rings is 1. The van der Waals surface area contributed by atoms with E-state index < -0.39 is 0 Å². The minimum atomic E-state index is -0.178. The van der Waals surface area contributed by atoms with Gasteiger partial charge in [0.1, 0.15) is 0 Å². The van der Waals surface area contributed by atoms with Crippen molar-refractivity contribution in [1.82, 2.24) is 10.2 Å². The number of nitrogens with zero attached hydrogens (tertiary/aromatic N) is 2. The topological polar surface area (TPSA) is 81.2 Å². The van der Waals surface area contributed by atoms with Gasteiger partial charge in [-0.3, -0.25) is 10.1 Å². The van der Waals surface area contributed by atoms with Crippen LogP contribution in [0.3, 0.4) is 0 Å². The van der Waals surface area contributed by atoms with Crippen molar-refractivity contribution in [3.8, 4) is 11.7 Å². The molecule has 0 aliphatic heterocycles. The number of thiophene rings is 1. The van der Waals surface area contributed by atoms with E-state index in [1.54, 1.807) is 35.2 Å². The van der Waals surface area contributed by atoms with Crippen molar-refractivity contribution >= 4 is 35.0 Å². The molecule has 0 aromatic carbocycles. The van der Waals surface area contributed by atoms with Gasteiger partial charge in [-0.25, -0.2) is 0 Å². The summed E-state index contributed by atoms with van der Waals surface area (Å²) in [4.78, 5) is 13.1. The van der Waals surface area contributed by atoms with Gasteiger partial charge in [-0.2, -0.15) is 0 Å². The van der Waals surface area contributed by atoms with E-state index in [1.807, 2.05) is 11.4 Å². The molecule has 0 saturated carbocycles. The van der Waals surface area contributed by atoms with Crippen LogP contribution in [0.2, 0.25) is 0 Å². The Hall–Kier alpha value is -2.06. The molecule has 3 rings (SSSR count). The Bertz CT molecular complexity index is 722. The Labute approximate surface area is 134 Å². The zero-order valence-electron chi connectivity index (χ0n) is 11.7. The predicted molar refractivity (Wildman–Crippen MR) is 85.8 cm³/mol. The number of carbonyl (C=O) groups is 1. The average molecular weight is 335 g/mol. The molecule has 3 aromatic rings. The highest BCUT2D eigenvalue weighted by molar-refractivity contribution is 8.00. The molecule has 1 N–H and O–H groups in total. The first-order valence-electron chi connectivity index (χ1n) is 6.54. The Morgan fingerprint density at radius 1 is 1.41 bits per heavy atom. The third-order valence-corrected chi connectivity index (χ3v) is 5.20. The molecule has 0 bridgehead atoms. The first-order chi connectivity index (χ1) is 10.7. The van der Waals surface area contributed by atoms with Gasteiger partial charge >= 0.3 is 6.01 Å². The van der Waals surface area contributed by atoms with Gasteiger partial charge in [0.15, 0.2) is 5.76 Å². The van der Waals surface area contributed by atoms with Gasteiger partial charge in [-0.15, -0.1) is 28.2 Å². The van der Waals surface area contributed by atoms with Crippen LogP contribution < -0.4 is 5.32 Å². The summed E-state index contributed by atoms with van der Waals surface area (Å²) in [5, 5.41) is 12.5. The standard InChI is InChI=1S/C14H13N3O3S2/c1-9(11-5-3-7-21-11)22-8-12(18)15-14-17-16-13(20-14)10-4-2-6-19-10/h2-7,9H,8H2,1H3,(H,15,17,18)/t9-/m1/s1. The molecule has 3 aromatic heterocycles. The number of thioether (sulfide) groups is 1. The molecule has 1 atom stereocenters. The maximum absolute atomic E-state index is 11.9. The summed E-state index contributed by atoms with van der Waals surface area (Å²) < 4.78 is 10.5. The van der Waals surface area contributed by atoms with E-state index in [9.17, 15) is 4.79 Å². The van der Waals surface area contributed by atoms with Gasteiger partial charge < -0.3 is 8.83 Å². The zero-order chi connectivity index (χ0) is 15.4. The first kappa shape index (κ1) is 14.9. The fourth-order valence-electron chi connectivity index (χ4n) is 1.73. The van der Waals surface area contributed by atoms with E-state index in [4.69, 9.17) is 8.83 Å². The number of nitrogens with one attached hydrogen (secondary N) is 1. The molecule has 0 saturated heterocycles. The van der Waals surface area contributed by atoms with Crippen LogP contribution in [-0.4, -0.2) is 21.9 Å². The molecule has 114 valence electrons. The number of hydrogen-bond donors (Lipinski definition) is 1. The summed E-state index contributed by atoms with van der Waals surface area (Å²) in [5.41, 5.74) is 0. The highest BCUT2D eigenvalue weighted by Crippen LogP contribution is 2.31. The maximum atomic E-state index is 11.9. The molecule has 8 heteroatoms. The third-order valence-electron chi connectivity index (χ3n) is 2.81. The Morgan fingerprint density at radius 3 is 3.05 bits per heavy atom. The van der Waals surface area contributed by atoms with Crippen LogP contribution in [0.1, 0.15) is 17.1 Å². The number of aromatic nitrogens is 2. The molecule has 0 unspecified atom stereocenters. The molecule has 22 heavy (non-hydrogen) atoms. The molecular formula is C14H13N3O3S2. The highest BCUT2D eigenvalue weighted by Gasteiger charge is 2.14. The lowest BCUT2D eigenvalue weighted by molar-refractivity contribution is -0.113. The van der Waals surface area contributed by atoms with Gasteiger partial charge in [-0.1, -0.05) is 11.2 Å². The third kappa shape index (κ3) is 3.58. The van der Waals surface area contributed by atoms with E-state index in [2.05, 4.69) is 28.5 Å². The summed E-state index contributed by atoms with van der Waals surface area (Å²) in [7, 11) is 0. The predicted octanol–water partition coefficient (Wildman–Crippen LogP) is 3.82. The number of hydrogen-bond acceptors (Lipinski definition) is 7. The lowest BCUT2D eigenvalue weighted by atomic mass is 10.4. The van der Waals surface area contributed by atoms with Gasteiger partial charge in [0.05, 0.1) is 12.0 Å². The minimum absolute atomic E-state index is 0.0702. The van der Waals surface area contributed by atoms with Crippen molar-refractivity contribution in [2.75, 3.05) is 11.1 Å². The second-order valence-corrected chi connectivity index (χ2v) is 6.71. The lowest BCUT2D eigenvalue weighted by Crippen LogP contribution is -2.14. The summed E-state index contributed by atoms with van der Waals surface area (Å²) in [6, 6.07) is 7.57. The van der Waals surface area contributed by atoms with Gasteiger partial charge in [-0.05, 0) is 30.5 Å². The van der Waals surface area contributed by atoms with Crippen molar-refractivity contribution < 1.29 is 13.6 Å². The quantitative estimate of drug-likeness (QED) is 0.737. The molecule has 0 radical (unpaired) electrons. The SMILES string of the molecule is C[C@@H](SCC(=O)Nc1nnc(-c2ccco2)o1)c1cccs1. The van der Waals surface area contributed by atoms with E-state index in [0.717, 1.165) is 0 Å². The molecule has 0 aliphatic rings. The largest absolute Gasteiger partial charge is 0.459 e. The highest BCUT2D eigenvalue weighted by atomic mass is 32.2. The van der Waals surface area contributed by atoms with Crippen LogP contribution in [0.25, 0.3) is 11.7 Å². The molecular weight excluding hydrogens is 322 g/mol. The smallest absolute Gasteiger partial charge is 0.322 e. The van der Waals surface area contributed by atoms with E-state index in [1.165, 1.54) is 11.1 Å². The average Bonchev–Trinajstić information content (AvgIpc) is 3.23. The Balaban J connectivity index is 1.52. The van der Waals surface area contributed by atoms with Crippen LogP contribution in [-0.2, 0) is 4.79 Å². The summed E-state index contributed by atoms with van der Waals surface area (Å²) in [6.45, 7) is 2.07. The monoisotopic (exact) mass is 335 g/mol. The van der Waals surface area contributed by atoms with E-state index >= 15 is 0 Å². The maximum Gasteiger partial charge on any atom is 0.322 e. The molecule has 0 fully saturated rings. The van der Waals surface area contributed by atoms with Crippen molar-refractivity contribution in [2.24, 2.45) is 0 Å². The van der Waals surface area contributed by atoms with Crippen LogP contribution >= 0.6 is 23.1 Å². The van der Waals surface area contributed by atoms with Crippen molar-refractivity contribution in [3.05, 3.63) is 40.8 Å². The van der Waals surface area contributed by atoms with Crippen molar-refractivity contribution in [3.63, 3.8) is 0 Å². The molecule has 6 nitrogen and oxygen atoms in total. The number of carbonyl (C=O) groups excluding carboxylic acids is 1. The summed E-state index contributed by atoms with van der Waals surface area (Å²) in [6.07, 6.45) is 1.51. The first-order valence-corrected chi connectivity index (χ1v) is 8.47. The number of rotatable bonds is 6.